The lowest BCUT2D eigenvalue weighted by atomic mass is 9.76. The molecule has 2 heterocycles. The van der Waals surface area contributed by atoms with E-state index < -0.39 is 34.7 Å². The quantitative estimate of drug-likeness (QED) is 0.693. The molecule has 0 amide bonds. The Hall–Kier alpha value is -2.77. The number of carboxylic acids is 1. The van der Waals surface area contributed by atoms with Crippen molar-refractivity contribution in [2.24, 2.45) is 11.8 Å². The third-order valence-electron chi connectivity index (χ3n) is 6.62. The maximum Gasteiger partial charge on any atom is 0.341 e. The second kappa shape index (κ2) is 7.43. The molecule has 1 saturated carbocycles. The number of fused-ring (bicyclic) bond motifs is 3. The molecule has 2 aliphatic rings. The summed E-state index contributed by atoms with van der Waals surface area (Å²) in [6, 6.07) is 2.70. The topological polar surface area (TPSA) is 68.5 Å². The van der Waals surface area contributed by atoms with Gasteiger partial charge < -0.3 is 14.4 Å². The number of hydrogen-bond acceptors (Lipinski definition) is 3. The molecule has 8 heteroatoms. The van der Waals surface area contributed by atoms with E-state index in [1.54, 1.807) is 0 Å². The minimum absolute atomic E-state index is 0.0742. The Bertz CT molecular complexity index is 1120. The van der Waals surface area contributed by atoms with Gasteiger partial charge in [-0.3, -0.25) is 4.79 Å². The third kappa shape index (κ3) is 3.51. The maximum absolute atomic E-state index is 15.3. The van der Waals surface area contributed by atoms with Gasteiger partial charge in [0.05, 0.1) is 17.9 Å². The fourth-order valence-corrected chi connectivity index (χ4v) is 4.13. The van der Waals surface area contributed by atoms with Crippen LogP contribution in [0.25, 0.3) is 11.3 Å². The van der Waals surface area contributed by atoms with E-state index in [0.717, 1.165) is 19.0 Å². The van der Waals surface area contributed by atoms with Crippen LogP contribution in [0.4, 0.5) is 13.2 Å². The van der Waals surface area contributed by atoms with E-state index in [9.17, 15) is 23.5 Å². The molecule has 31 heavy (non-hydrogen) atoms. The molecular formula is C23H24F3NO4. The Morgan fingerprint density at radius 2 is 2.00 bits per heavy atom. The second-order valence-electron chi connectivity index (χ2n) is 9.00. The van der Waals surface area contributed by atoms with E-state index in [-0.39, 0.29) is 28.5 Å². The van der Waals surface area contributed by atoms with E-state index in [4.69, 9.17) is 4.74 Å². The van der Waals surface area contributed by atoms with Crippen LogP contribution >= 0.6 is 0 Å². The molecular weight excluding hydrogens is 411 g/mol. The van der Waals surface area contributed by atoms with Crippen molar-refractivity contribution in [1.82, 2.24) is 4.57 Å². The van der Waals surface area contributed by atoms with Crippen LogP contribution in [0.2, 0.25) is 0 Å². The Balaban J connectivity index is 1.98. The van der Waals surface area contributed by atoms with Crippen molar-refractivity contribution in [1.29, 1.82) is 0 Å². The molecule has 1 atom stereocenters. The predicted octanol–water partition coefficient (Wildman–Crippen LogP) is 5.01. The van der Waals surface area contributed by atoms with Crippen LogP contribution in [-0.2, 0) is 12.0 Å². The fourth-order valence-electron chi connectivity index (χ4n) is 4.13. The Morgan fingerprint density at radius 3 is 2.55 bits per heavy atom. The number of carboxylic acid groups (broad SMARTS) is 1. The van der Waals surface area contributed by atoms with Gasteiger partial charge in [0, 0.05) is 17.3 Å². The summed E-state index contributed by atoms with van der Waals surface area (Å²) in [4.78, 5) is 23.9. The number of nitrogens with zero attached hydrogens (tertiary/aromatic N) is 1. The van der Waals surface area contributed by atoms with Gasteiger partial charge in [-0.25, -0.2) is 18.0 Å². The standard InChI is InChI=1S/C23H24F3NO4/c1-11(2)23(3)8-13-6-17(31-10-12-4-5-12)15(21(25)26)7-14(13)19-18(24)20(28)16(22(29)30)9-27(19)23/h6-7,9,11-12,21H,4-5,8,10H2,1-3H3,(H,29,30). The minimum Gasteiger partial charge on any atom is -0.493 e. The molecule has 1 N–H and O–H groups in total. The number of alkyl halides is 2. The highest BCUT2D eigenvalue weighted by Crippen LogP contribution is 2.46. The highest BCUT2D eigenvalue weighted by Gasteiger charge is 2.40. The van der Waals surface area contributed by atoms with Crippen molar-refractivity contribution in [2.45, 2.75) is 52.0 Å². The molecule has 0 spiro atoms. The zero-order chi connectivity index (χ0) is 22.7. The van der Waals surface area contributed by atoms with Crippen molar-refractivity contribution in [3.05, 3.63) is 51.1 Å². The molecule has 1 aliphatic heterocycles. The third-order valence-corrected chi connectivity index (χ3v) is 6.62. The van der Waals surface area contributed by atoms with Crippen molar-refractivity contribution < 1.29 is 27.8 Å². The maximum atomic E-state index is 15.3. The normalized spacial score (nSPS) is 20.0. The molecule has 0 radical (unpaired) electrons. The number of aromatic carboxylic acids is 1. The number of pyridine rings is 1. The Kier molecular flexibility index (Phi) is 5.14. The highest BCUT2D eigenvalue weighted by atomic mass is 19.3. The highest BCUT2D eigenvalue weighted by molar-refractivity contribution is 5.88. The summed E-state index contributed by atoms with van der Waals surface area (Å²) < 4.78 is 50.0. The van der Waals surface area contributed by atoms with Gasteiger partial charge in [-0.1, -0.05) is 13.8 Å². The molecule has 0 bridgehead atoms. The number of benzene rings is 1. The van der Waals surface area contributed by atoms with Gasteiger partial charge in [0.25, 0.3) is 6.43 Å². The van der Waals surface area contributed by atoms with Crippen LogP contribution in [0.1, 0.15) is 61.5 Å². The molecule has 0 saturated heterocycles. The van der Waals surface area contributed by atoms with Gasteiger partial charge >= 0.3 is 5.97 Å². The van der Waals surface area contributed by atoms with Crippen molar-refractivity contribution in [3.63, 3.8) is 0 Å². The van der Waals surface area contributed by atoms with E-state index in [1.807, 2.05) is 20.8 Å². The van der Waals surface area contributed by atoms with Crippen LogP contribution < -0.4 is 10.2 Å². The largest absolute Gasteiger partial charge is 0.493 e. The average molecular weight is 435 g/mol. The zero-order valence-corrected chi connectivity index (χ0v) is 17.5. The molecule has 5 nitrogen and oxygen atoms in total. The number of ether oxygens (including phenoxy) is 1. The first kappa shape index (κ1) is 21.5. The molecule has 1 unspecified atom stereocenters. The van der Waals surface area contributed by atoms with Crippen molar-refractivity contribution >= 4 is 5.97 Å². The van der Waals surface area contributed by atoms with Crippen LogP contribution in [0.5, 0.6) is 5.75 Å². The number of aromatic nitrogens is 1. The Morgan fingerprint density at radius 1 is 1.32 bits per heavy atom. The second-order valence-corrected chi connectivity index (χ2v) is 9.00. The van der Waals surface area contributed by atoms with Crippen LogP contribution in [0.3, 0.4) is 0 Å². The van der Waals surface area contributed by atoms with E-state index >= 15 is 4.39 Å². The molecule has 4 rings (SSSR count). The van der Waals surface area contributed by atoms with Gasteiger partial charge in [-0.15, -0.1) is 0 Å². The first-order chi connectivity index (χ1) is 14.5. The average Bonchev–Trinajstić information content (AvgIpc) is 3.52. The van der Waals surface area contributed by atoms with Gasteiger partial charge in [0.15, 0.2) is 5.82 Å². The monoisotopic (exact) mass is 435 g/mol. The predicted molar refractivity (Wildman–Crippen MR) is 108 cm³/mol. The van der Waals surface area contributed by atoms with Gasteiger partial charge in [-0.2, -0.15) is 0 Å². The molecule has 1 aromatic heterocycles. The first-order valence-corrected chi connectivity index (χ1v) is 10.3. The zero-order valence-electron chi connectivity index (χ0n) is 17.5. The van der Waals surface area contributed by atoms with Crippen molar-refractivity contribution in [3.8, 4) is 17.0 Å². The molecule has 1 aliphatic carbocycles. The van der Waals surface area contributed by atoms with Gasteiger partial charge in [0.2, 0.25) is 5.43 Å². The first-order valence-electron chi connectivity index (χ1n) is 10.3. The lowest BCUT2D eigenvalue weighted by molar-refractivity contribution is 0.0692. The summed E-state index contributed by atoms with van der Waals surface area (Å²) in [6.45, 7) is 6.00. The molecule has 2 aromatic rings. The molecule has 1 fully saturated rings. The number of rotatable bonds is 6. The summed E-state index contributed by atoms with van der Waals surface area (Å²) in [5.41, 5.74) is -2.50. The number of carbonyl (C=O) groups is 1. The van der Waals surface area contributed by atoms with E-state index in [1.165, 1.54) is 16.7 Å². The van der Waals surface area contributed by atoms with Gasteiger partial charge in [-0.05, 0) is 55.7 Å². The van der Waals surface area contributed by atoms with Crippen LogP contribution in [0.15, 0.2) is 23.1 Å². The summed E-state index contributed by atoms with van der Waals surface area (Å²) >= 11 is 0. The van der Waals surface area contributed by atoms with Crippen molar-refractivity contribution in [2.75, 3.05) is 6.61 Å². The molecule has 166 valence electrons. The van der Waals surface area contributed by atoms with Crippen LogP contribution in [-0.4, -0.2) is 22.2 Å². The van der Waals surface area contributed by atoms with Crippen LogP contribution in [0, 0.1) is 17.7 Å². The Labute approximate surface area is 177 Å². The van der Waals surface area contributed by atoms with Gasteiger partial charge in [0.1, 0.15) is 11.3 Å². The summed E-state index contributed by atoms with van der Waals surface area (Å²) in [6.07, 6.45) is 0.643. The summed E-state index contributed by atoms with van der Waals surface area (Å²) in [5, 5.41) is 9.36. The number of halogens is 3. The van der Waals surface area contributed by atoms with E-state index in [0.29, 0.717) is 24.5 Å². The van der Waals surface area contributed by atoms with E-state index in [2.05, 4.69) is 0 Å². The smallest absolute Gasteiger partial charge is 0.341 e. The summed E-state index contributed by atoms with van der Waals surface area (Å²) in [5.74, 6) is -2.42. The lowest BCUT2D eigenvalue weighted by Gasteiger charge is -2.43. The fraction of sp³-hybridized carbons (Fsp3) is 0.478. The number of hydrogen-bond donors (Lipinski definition) is 1. The summed E-state index contributed by atoms with van der Waals surface area (Å²) in [7, 11) is 0. The minimum atomic E-state index is -2.85. The lowest BCUT2D eigenvalue weighted by Crippen LogP contribution is -2.43. The SMILES string of the molecule is CC(C)C1(C)Cc2cc(OCC3CC3)c(C(F)F)cc2-c2c(F)c(=O)c(C(=O)O)cn21. The molecule has 1 aromatic carbocycles.